The summed E-state index contributed by atoms with van der Waals surface area (Å²) in [4.78, 5) is 11.2. The van der Waals surface area contributed by atoms with Crippen LogP contribution in [0.2, 0.25) is 0 Å². The van der Waals surface area contributed by atoms with Gasteiger partial charge in [0.25, 0.3) is 0 Å². The highest BCUT2D eigenvalue weighted by molar-refractivity contribution is 5.87. The summed E-state index contributed by atoms with van der Waals surface area (Å²) < 4.78 is 0. The lowest BCUT2D eigenvalue weighted by Crippen LogP contribution is -2.24. The molecule has 0 heterocycles. The lowest BCUT2D eigenvalue weighted by Gasteiger charge is -2.00. The first-order chi connectivity index (χ1) is 13.3. The van der Waals surface area contributed by atoms with Crippen molar-refractivity contribution in [2.45, 2.75) is 71.1 Å². The SMILES string of the molecule is CCCCCCCCCCC/C=C/C=C/C=C/C=C/C=C/C(=O)NCCO. The highest BCUT2D eigenvalue weighted by Gasteiger charge is 1.91. The molecule has 0 aromatic rings. The summed E-state index contributed by atoms with van der Waals surface area (Å²) in [5.41, 5.74) is 0. The molecule has 0 unspecified atom stereocenters. The monoisotopic (exact) mass is 373 g/mol. The predicted molar refractivity (Wildman–Crippen MR) is 118 cm³/mol. The number of carbonyl (C=O) groups is 1. The number of nitrogens with one attached hydrogen (secondary N) is 1. The minimum Gasteiger partial charge on any atom is -0.395 e. The standard InChI is InChI=1S/C24H39NO2/c1-2-3-4-5-6-7-8-9-10-11-12-13-14-15-16-17-18-19-20-21-24(27)25-22-23-26/h12-21,26H,2-11,22-23H2,1H3,(H,25,27)/b13-12+,15-14+,17-16+,19-18+,21-20+. The Hall–Kier alpha value is -1.87. The number of aliphatic hydroxyl groups is 1. The minimum absolute atomic E-state index is 0.0435. The molecule has 152 valence electrons. The number of aliphatic hydroxyl groups excluding tert-OH is 1. The van der Waals surface area contributed by atoms with Gasteiger partial charge in [-0.05, 0) is 12.8 Å². The molecular formula is C24H39NO2. The van der Waals surface area contributed by atoms with Crippen LogP contribution in [0.4, 0.5) is 0 Å². The first-order valence-electron chi connectivity index (χ1n) is 10.5. The largest absolute Gasteiger partial charge is 0.395 e. The zero-order chi connectivity index (χ0) is 19.8. The average molecular weight is 374 g/mol. The second-order valence-electron chi connectivity index (χ2n) is 6.57. The number of rotatable bonds is 17. The predicted octanol–water partition coefficient (Wildman–Crippen LogP) is 5.80. The van der Waals surface area contributed by atoms with Gasteiger partial charge in [0, 0.05) is 12.6 Å². The van der Waals surface area contributed by atoms with Crippen molar-refractivity contribution in [2.24, 2.45) is 0 Å². The zero-order valence-electron chi connectivity index (χ0n) is 17.1. The maximum Gasteiger partial charge on any atom is 0.244 e. The summed E-state index contributed by atoms with van der Waals surface area (Å²) in [7, 11) is 0. The molecule has 27 heavy (non-hydrogen) atoms. The van der Waals surface area contributed by atoms with Crippen LogP contribution < -0.4 is 5.32 Å². The topological polar surface area (TPSA) is 49.3 Å². The molecule has 0 fully saturated rings. The molecule has 0 saturated carbocycles. The number of hydrogen-bond acceptors (Lipinski definition) is 2. The molecule has 0 aliphatic heterocycles. The summed E-state index contributed by atoms with van der Waals surface area (Å²) in [6, 6.07) is 0. The molecule has 2 N–H and O–H groups in total. The molecule has 3 nitrogen and oxygen atoms in total. The van der Waals surface area contributed by atoms with Gasteiger partial charge in [0.1, 0.15) is 0 Å². The summed E-state index contributed by atoms with van der Waals surface area (Å²) in [6.45, 7) is 2.50. The van der Waals surface area contributed by atoms with Gasteiger partial charge in [-0.15, -0.1) is 0 Å². The van der Waals surface area contributed by atoms with E-state index in [4.69, 9.17) is 5.11 Å². The lowest BCUT2D eigenvalue weighted by atomic mass is 10.1. The fourth-order valence-corrected chi connectivity index (χ4v) is 2.51. The van der Waals surface area contributed by atoms with Crippen LogP contribution in [-0.4, -0.2) is 24.2 Å². The van der Waals surface area contributed by atoms with Gasteiger partial charge in [-0.25, -0.2) is 0 Å². The summed E-state index contributed by atoms with van der Waals surface area (Å²) in [5, 5.41) is 11.1. The second-order valence-corrected chi connectivity index (χ2v) is 6.57. The summed E-state index contributed by atoms with van der Waals surface area (Å²) in [5.74, 6) is -0.199. The highest BCUT2D eigenvalue weighted by atomic mass is 16.3. The van der Waals surface area contributed by atoms with E-state index in [1.165, 1.54) is 63.9 Å². The van der Waals surface area contributed by atoms with Crippen molar-refractivity contribution in [3.63, 3.8) is 0 Å². The van der Waals surface area contributed by atoms with Crippen molar-refractivity contribution in [1.29, 1.82) is 0 Å². The molecule has 0 atom stereocenters. The number of carbonyl (C=O) groups excluding carboxylic acids is 1. The van der Waals surface area contributed by atoms with Crippen molar-refractivity contribution in [1.82, 2.24) is 5.32 Å². The molecule has 0 aliphatic carbocycles. The van der Waals surface area contributed by atoms with E-state index in [0.717, 1.165) is 6.42 Å². The fourth-order valence-electron chi connectivity index (χ4n) is 2.51. The van der Waals surface area contributed by atoms with E-state index in [1.807, 2.05) is 30.4 Å². The number of allylic oxidation sites excluding steroid dienone is 9. The maximum absolute atomic E-state index is 11.2. The molecule has 0 aromatic heterocycles. The Morgan fingerprint density at radius 2 is 1.26 bits per heavy atom. The van der Waals surface area contributed by atoms with E-state index in [2.05, 4.69) is 24.4 Å². The smallest absolute Gasteiger partial charge is 0.244 e. The number of hydrogen-bond donors (Lipinski definition) is 2. The minimum atomic E-state index is -0.199. The van der Waals surface area contributed by atoms with Crippen molar-refractivity contribution < 1.29 is 9.90 Å². The lowest BCUT2D eigenvalue weighted by molar-refractivity contribution is -0.116. The maximum atomic E-state index is 11.2. The summed E-state index contributed by atoms with van der Waals surface area (Å²) in [6.07, 6.45) is 32.5. The van der Waals surface area contributed by atoms with E-state index in [-0.39, 0.29) is 19.1 Å². The van der Waals surface area contributed by atoms with Crippen LogP contribution in [0.15, 0.2) is 60.8 Å². The first-order valence-corrected chi connectivity index (χ1v) is 10.5. The van der Waals surface area contributed by atoms with Crippen LogP contribution >= 0.6 is 0 Å². The Bertz CT molecular complexity index is 473. The molecule has 0 aromatic carbocycles. The van der Waals surface area contributed by atoms with E-state index in [1.54, 1.807) is 12.2 Å². The molecule has 0 rings (SSSR count). The third-order valence-electron chi connectivity index (χ3n) is 4.05. The third-order valence-corrected chi connectivity index (χ3v) is 4.05. The van der Waals surface area contributed by atoms with E-state index >= 15 is 0 Å². The van der Waals surface area contributed by atoms with Gasteiger partial charge in [-0.2, -0.15) is 0 Å². The highest BCUT2D eigenvalue weighted by Crippen LogP contribution is 2.10. The van der Waals surface area contributed by atoms with Crippen molar-refractivity contribution in [3.05, 3.63) is 60.8 Å². The molecule has 0 bridgehead atoms. The molecular weight excluding hydrogens is 334 g/mol. The van der Waals surface area contributed by atoms with E-state index < -0.39 is 0 Å². The van der Waals surface area contributed by atoms with E-state index in [0.29, 0.717) is 0 Å². The van der Waals surface area contributed by atoms with Crippen molar-refractivity contribution in [2.75, 3.05) is 13.2 Å². The second kappa shape index (κ2) is 22.2. The Kier molecular flexibility index (Phi) is 20.6. The van der Waals surface area contributed by atoms with Crippen LogP contribution in [0.5, 0.6) is 0 Å². The first kappa shape index (κ1) is 25.1. The molecule has 0 aliphatic rings. The van der Waals surface area contributed by atoms with Gasteiger partial charge in [0.15, 0.2) is 0 Å². The Morgan fingerprint density at radius 1 is 0.741 bits per heavy atom. The molecule has 0 radical (unpaired) electrons. The normalized spacial score (nSPS) is 12.5. The van der Waals surface area contributed by atoms with Crippen LogP contribution in [0.1, 0.15) is 71.1 Å². The van der Waals surface area contributed by atoms with Gasteiger partial charge >= 0.3 is 0 Å². The third kappa shape index (κ3) is 22.1. The van der Waals surface area contributed by atoms with Crippen LogP contribution in [0, 0.1) is 0 Å². The quantitative estimate of drug-likeness (QED) is 0.192. The van der Waals surface area contributed by atoms with Gasteiger partial charge < -0.3 is 10.4 Å². The van der Waals surface area contributed by atoms with Gasteiger partial charge in [-0.3, -0.25) is 4.79 Å². The Labute approximate surface area is 166 Å². The van der Waals surface area contributed by atoms with Gasteiger partial charge in [-0.1, -0.05) is 113 Å². The Balaban J connectivity index is 3.53. The van der Waals surface area contributed by atoms with Crippen LogP contribution in [0.25, 0.3) is 0 Å². The van der Waals surface area contributed by atoms with E-state index in [9.17, 15) is 4.79 Å². The van der Waals surface area contributed by atoms with Gasteiger partial charge in [0.05, 0.1) is 6.61 Å². The van der Waals surface area contributed by atoms with Crippen molar-refractivity contribution in [3.8, 4) is 0 Å². The molecule has 0 saturated heterocycles. The average Bonchev–Trinajstić information content (AvgIpc) is 2.68. The fraction of sp³-hybridized carbons (Fsp3) is 0.542. The Morgan fingerprint density at radius 3 is 1.85 bits per heavy atom. The number of unbranched alkanes of at least 4 members (excludes halogenated alkanes) is 9. The molecule has 3 heteroatoms. The van der Waals surface area contributed by atoms with Crippen LogP contribution in [-0.2, 0) is 4.79 Å². The summed E-state index contributed by atoms with van der Waals surface area (Å²) >= 11 is 0. The van der Waals surface area contributed by atoms with Gasteiger partial charge in [0.2, 0.25) is 5.91 Å². The molecule has 1 amide bonds. The van der Waals surface area contributed by atoms with Crippen LogP contribution in [0.3, 0.4) is 0 Å². The molecule has 0 spiro atoms. The van der Waals surface area contributed by atoms with Crippen molar-refractivity contribution >= 4 is 5.91 Å². The number of amides is 1. The zero-order valence-corrected chi connectivity index (χ0v) is 17.1.